The number of allylic oxidation sites excluding steroid dienone is 1. The van der Waals surface area contributed by atoms with E-state index in [0.29, 0.717) is 34.4 Å². The third kappa shape index (κ3) is 3.93. The zero-order valence-electron chi connectivity index (χ0n) is 17.5. The Bertz CT molecular complexity index is 1140. The topological polar surface area (TPSA) is 103 Å². The van der Waals surface area contributed by atoms with Crippen molar-refractivity contribution < 1.29 is 14.3 Å². The Morgan fingerprint density at radius 2 is 1.94 bits per heavy atom. The van der Waals surface area contributed by atoms with Crippen LogP contribution in [0.25, 0.3) is 0 Å². The molecular weight excluding hydrogens is 416 g/mol. The first-order valence-corrected chi connectivity index (χ1v) is 10.7. The SMILES string of the molecule is COc1ccc(OC)c(NC(=O)C2=C(C)Nc3nnnn3[C@@H]2c2ccc(SC)cc2)c1. The average Bonchev–Trinajstić information content (AvgIpc) is 3.26. The summed E-state index contributed by atoms with van der Waals surface area (Å²) in [6.07, 6.45) is 2.02. The molecule has 10 heteroatoms. The molecule has 0 spiro atoms. The van der Waals surface area contributed by atoms with Crippen LogP contribution < -0.4 is 20.1 Å². The summed E-state index contributed by atoms with van der Waals surface area (Å²) in [5.41, 5.74) is 2.57. The third-order valence-corrected chi connectivity index (χ3v) is 5.79. The monoisotopic (exact) mass is 438 g/mol. The fourth-order valence-corrected chi connectivity index (χ4v) is 3.91. The van der Waals surface area contributed by atoms with E-state index in [9.17, 15) is 4.79 Å². The molecule has 0 saturated heterocycles. The van der Waals surface area contributed by atoms with Gasteiger partial charge in [0.05, 0.1) is 25.5 Å². The highest BCUT2D eigenvalue weighted by Gasteiger charge is 2.34. The van der Waals surface area contributed by atoms with Crippen LogP contribution >= 0.6 is 11.8 Å². The lowest BCUT2D eigenvalue weighted by Crippen LogP contribution is -2.31. The second-order valence-corrected chi connectivity index (χ2v) is 7.69. The number of benzene rings is 2. The smallest absolute Gasteiger partial charge is 0.255 e. The number of thioether (sulfide) groups is 1. The molecule has 3 aromatic rings. The summed E-state index contributed by atoms with van der Waals surface area (Å²) in [7, 11) is 3.12. The van der Waals surface area contributed by atoms with Crippen molar-refractivity contribution in [2.75, 3.05) is 31.1 Å². The molecule has 0 radical (unpaired) electrons. The normalized spacial score (nSPS) is 15.2. The predicted octanol–water partition coefficient (Wildman–Crippen LogP) is 3.34. The lowest BCUT2D eigenvalue weighted by molar-refractivity contribution is -0.113. The van der Waals surface area contributed by atoms with E-state index in [-0.39, 0.29) is 5.91 Å². The number of methoxy groups -OCH3 is 2. The molecule has 9 nitrogen and oxygen atoms in total. The molecular formula is C21H22N6O3S. The molecule has 2 aromatic carbocycles. The zero-order valence-corrected chi connectivity index (χ0v) is 18.4. The molecule has 1 aromatic heterocycles. The van der Waals surface area contributed by atoms with Crippen LogP contribution in [0, 0.1) is 0 Å². The van der Waals surface area contributed by atoms with E-state index >= 15 is 0 Å². The minimum Gasteiger partial charge on any atom is -0.497 e. The van der Waals surface area contributed by atoms with Crippen molar-refractivity contribution in [3.8, 4) is 11.5 Å². The number of tetrazole rings is 1. The molecule has 160 valence electrons. The Morgan fingerprint density at radius 1 is 1.16 bits per heavy atom. The van der Waals surface area contributed by atoms with Crippen molar-refractivity contribution in [2.24, 2.45) is 0 Å². The maximum atomic E-state index is 13.5. The van der Waals surface area contributed by atoms with Gasteiger partial charge in [-0.1, -0.05) is 17.2 Å². The lowest BCUT2D eigenvalue weighted by Gasteiger charge is -2.28. The number of anilines is 2. The summed E-state index contributed by atoms with van der Waals surface area (Å²) in [6, 6.07) is 12.7. The Hall–Kier alpha value is -3.53. The van der Waals surface area contributed by atoms with Crippen molar-refractivity contribution >= 4 is 29.3 Å². The van der Waals surface area contributed by atoms with Gasteiger partial charge in [0.15, 0.2) is 0 Å². The van der Waals surface area contributed by atoms with E-state index in [1.165, 1.54) is 0 Å². The Labute approximate surface area is 183 Å². The largest absolute Gasteiger partial charge is 0.497 e. The maximum Gasteiger partial charge on any atom is 0.255 e. The van der Waals surface area contributed by atoms with Crippen LogP contribution in [-0.4, -0.2) is 46.6 Å². The summed E-state index contributed by atoms with van der Waals surface area (Å²) in [5.74, 6) is 1.32. The molecule has 0 saturated carbocycles. The number of carbonyl (C=O) groups excluding carboxylic acids is 1. The lowest BCUT2D eigenvalue weighted by atomic mass is 9.95. The van der Waals surface area contributed by atoms with Gasteiger partial charge in [-0.25, -0.2) is 0 Å². The fourth-order valence-electron chi connectivity index (χ4n) is 3.50. The standard InChI is InChI=1S/C21H22N6O3S/c1-12-18(20(28)23-16-11-14(29-2)7-10-17(16)30-3)19(27-21(22-12)24-25-26-27)13-5-8-15(31-4)9-6-13/h5-11,19H,1-4H3,(H,23,28)(H,22,24,26)/t19-/m1/s1. The van der Waals surface area contributed by atoms with Gasteiger partial charge in [-0.15, -0.1) is 11.8 Å². The molecule has 0 fully saturated rings. The van der Waals surface area contributed by atoms with Gasteiger partial charge in [-0.05, 0) is 53.4 Å². The quantitative estimate of drug-likeness (QED) is 0.565. The van der Waals surface area contributed by atoms with Crippen molar-refractivity contribution in [1.29, 1.82) is 0 Å². The predicted molar refractivity (Wildman–Crippen MR) is 119 cm³/mol. The summed E-state index contributed by atoms with van der Waals surface area (Å²) < 4.78 is 12.3. The van der Waals surface area contributed by atoms with Gasteiger partial charge >= 0.3 is 0 Å². The molecule has 0 unspecified atom stereocenters. The Morgan fingerprint density at radius 3 is 2.61 bits per heavy atom. The second-order valence-electron chi connectivity index (χ2n) is 6.81. The van der Waals surface area contributed by atoms with Crippen molar-refractivity contribution in [3.63, 3.8) is 0 Å². The molecule has 1 aliphatic heterocycles. The molecule has 1 atom stereocenters. The summed E-state index contributed by atoms with van der Waals surface area (Å²) in [4.78, 5) is 14.6. The number of hydrogen-bond donors (Lipinski definition) is 2. The molecule has 1 aliphatic rings. The van der Waals surface area contributed by atoms with Crippen LogP contribution in [0.5, 0.6) is 11.5 Å². The highest BCUT2D eigenvalue weighted by molar-refractivity contribution is 7.98. The fraction of sp³-hybridized carbons (Fsp3) is 0.238. The van der Waals surface area contributed by atoms with Crippen LogP contribution in [0.1, 0.15) is 18.5 Å². The molecule has 0 bridgehead atoms. The van der Waals surface area contributed by atoms with Gasteiger partial charge in [-0.3, -0.25) is 4.79 Å². The van der Waals surface area contributed by atoms with E-state index in [1.54, 1.807) is 48.9 Å². The number of nitrogens with zero attached hydrogens (tertiary/aromatic N) is 4. The van der Waals surface area contributed by atoms with Crippen molar-refractivity contribution in [1.82, 2.24) is 20.2 Å². The van der Waals surface area contributed by atoms with Crippen LogP contribution in [0.4, 0.5) is 11.6 Å². The number of aromatic nitrogens is 4. The first-order chi connectivity index (χ1) is 15.0. The Balaban J connectivity index is 1.75. The number of hydrogen-bond acceptors (Lipinski definition) is 8. The van der Waals surface area contributed by atoms with Gasteiger partial charge in [-0.2, -0.15) is 4.68 Å². The number of fused-ring (bicyclic) bond motifs is 1. The van der Waals surface area contributed by atoms with Crippen LogP contribution in [-0.2, 0) is 4.79 Å². The summed E-state index contributed by atoms with van der Waals surface area (Å²) in [5, 5.41) is 18.0. The zero-order chi connectivity index (χ0) is 22.0. The van der Waals surface area contributed by atoms with Gasteiger partial charge in [0, 0.05) is 16.7 Å². The van der Waals surface area contributed by atoms with E-state index in [4.69, 9.17) is 9.47 Å². The van der Waals surface area contributed by atoms with Crippen molar-refractivity contribution in [2.45, 2.75) is 17.9 Å². The number of nitrogens with one attached hydrogen (secondary N) is 2. The molecule has 2 heterocycles. The molecule has 1 amide bonds. The van der Waals surface area contributed by atoms with E-state index in [0.717, 1.165) is 10.5 Å². The number of ether oxygens (including phenoxy) is 2. The number of rotatable bonds is 6. The van der Waals surface area contributed by atoms with Crippen LogP contribution in [0.3, 0.4) is 0 Å². The van der Waals surface area contributed by atoms with Crippen molar-refractivity contribution in [3.05, 3.63) is 59.3 Å². The summed E-state index contributed by atoms with van der Waals surface area (Å²) in [6.45, 7) is 1.83. The molecule has 0 aliphatic carbocycles. The van der Waals surface area contributed by atoms with E-state index in [1.807, 2.05) is 37.4 Å². The molecule has 2 N–H and O–H groups in total. The number of carbonyl (C=O) groups is 1. The minimum absolute atomic E-state index is 0.295. The summed E-state index contributed by atoms with van der Waals surface area (Å²) >= 11 is 1.65. The first kappa shape index (κ1) is 20.7. The second kappa shape index (κ2) is 8.68. The maximum absolute atomic E-state index is 13.5. The van der Waals surface area contributed by atoms with Crippen LogP contribution in [0.2, 0.25) is 0 Å². The van der Waals surface area contributed by atoms with Gasteiger partial charge < -0.3 is 20.1 Å². The third-order valence-electron chi connectivity index (χ3n) is 5.05. The van der Waals surface area contributed by atoms with Gasteiger partial charge in [0.1, 0.15) is 17.5 Å². The van der Waals surface area contributed by atoms with Gasteiger partial charge in [0.25, 0.3) is 5.91 Å². The highest BCUT2D eigenvalue weighted by atomic mass is 32.2. The highest BCUT2D eigenvalue weighted by Crippen LogP contribution is 2.36. The molecule has 31 heavy (non-hydrogen) atoms. The van der Waals surface area contributed by atoms with Crippen LogP contribution in [0.15, 0.2) is 58.6 Å². The number of amides is 1. The Kier molecular flexibility index (Phi) is 5.81. The average molecular weight is 439 g/mol. The van der Waals surface area contributed by atoms with E-state index < -0.39 is 6.04 Å². The van der Waals surface area contributed by atoms with E-state index in [2.05, 4.69) is 26.2 Å². The first-order valence-electron chi connectivity index (χ1n) is 9.48. The molecule has 4 rings (SSSR count). The van der Waals surface area contributed by atoms with Gasteiger partial charge in [0.2, 0.25) is 5.95 Å². The minimum atomic E-state index is -0.487.